The van der Waals surface area contributed by atoms with Crippen molar-refractivity contribution in [1.82, 2.24) is 10.6 Å². The highest BCUT2D eigenvalue weighted by Gasteiger charge is 2.20. The normalized spacial score (nSPS) is 11.5. The second kappa shape index (κ2) is 7.87. The Labute approximate surface area is 104 Å². The Kier molecular flexibility index (Phi) is 7.26. The van der Waals surface area contributed by atoms with Gasteiger partial charge in [-0.05, 0) is 13.3 Å². The SMILES string of the molecule is C/C=C/CCNC(=O)CCNC(=O)C(C)(C)C. The molecule has 98 valence electrons. The molecule has 0 unspecified atom stereocenters. The van der Waals surface area contributed by atoms with Gasteiger partial charge in [0.05, 0.1) is 0 Å². The second-order valence-electron chi connectivity index (χ2n) is 4.96. The van der Waals surface area contributed by atoms with Crippen LogP contribution in [-0.4, -0.2) is 24.9 Å². The minimum atomic E-state index is -0.400. The second-order valence-corrected chi connectivity index (χ2v) is 4.96. The summed E-state index contributed by atoms with van der Waals surface area (Å²) in [5.41, 5.74) is -0.400. The van der Waals surface area contributed by atoms with Crippen LogP contribution in [0, 0.1) is 5.41 Å². The van der Waals surface area contributed by atoms with Gasteiger partial charge in [-0.15, -0.1) is 0 Å². The molecule has 2 amide bonds. The summed E-state index contributed by atoms with van der Waals surface area (Å²) in [5.74, 6) is -0.0528. The smallest absolute Gasteiger partial charge is 0.225 e. The van der Waals surface area contributed by atoms with Crippen LogP contribution in [0.5, 0.6) is 0 Å². The van der Waals surface area contributed by atoms with Crippen LogP contribution in [-0.2, 0) is 9.59 Å². The van der Waals surface area contributed by atoms with Crippen LogP contribution in [0.1, 0.15) is 40.5 Å². The van der Waals surface area contributed by atoms with Gasteiger partial charge in [0.15, 0.2) is 0 Å². The van der Waals surface area contributed by atoms with Crippen molar-refractivity contribution in [2.45, 2.75) is 40.5 Å². The molecule has 0 atom stereocenters. The molecule has 0 spiro atoms. The predicted octanol–water partition coefficient (Wildman–Crippen LogP) is 1.62. The monoisotopic (exact) mass is 240 g/mol. The molecule has 0 radical (unpaired) electrons. The lowest BCUT2D eigenvalue weighted by Crippen LogP contribution is -2.37. The largest absolute Gasteiger partial charge is 0.356 e. The third-order valence-electron chi connectivity index (χ3n) is 2.19. The first-order chi connectivity index (χ1) is 7.88. The molecule has 0 aromatic carbocycles. The fraction of sp³-hybridized carbons (Fsp3) is 0.692. The fourth-order valence-corrected chi connectivity index (χ4v) is 1.10. The van der Waals surface area contributed by atoms with Crippen molar-refractivity contribution in [3.8, 4) is 0 Å². The molecule has 0 aliphatic rings. The number of nitrogens with one attached hydrogen (secondary N) is 2. The Morgan fingerprint density at radius 3 is 2.29 bits per heavy atom. The van der Waals surface area contributed by atoms with Crippen LogP contribution in [0.25, 0.3) is 0 Å². The van der Waals surface area contributed by atoms with Gasteiger partial charge in [-0.25, -0.2) is 0 Å². The summed E-state index contributed by atoms with van der Waals surface area (Å²) >= 11 is 0. The van der Waals surface area contributed by atoms with E-state index in [-0.39, 0.29) is 11.8 Å². The molecule has 0 bridgehead atoms. The van der Waals surface area contributed by atoms with Crippen LogP contribution < -0.4 is 10.6 Å². The first-order valence-corrected chi connectivity index (χ1v) is 6.04. The first-order valence-electron chi connectivity index (χ1n) is 6.04. The van der Waals surface area contributed by atoms with Crippen LogP contribution in [0.3, 0.4) is 0 Å². The molecule has 0 aliphatic carbocycles. The van der Waals surface area contributed by atoms with Gasteiger partial charge in [-0.1, -0.05) is 32.9 Å². The molecular formula is C13H24N2O2. The van der Waals surface area contributed by atoms with Gasteiger partial charge in [-0.3, -0.25) is 9.59 Å². The lowest BCUT2D eigenvalue weighted by molar-refractivity contribution is -0.128. The molecule has 0 aromatic heterocycles. The quantitative estimate of drug-likeness (QED) is 0.547. The number of hydrogen-bond donors (Lipinski definition) is 2. The van der Waals surface area contributed by atoms with Crippen LogP contribution >= 0.6 is 0 Å². The van der Waals surface area contributed by atoms with Crippen molar-refractivity contribution < 1.29 is 9.59 Å². The standard InChI is InChI=1S/C13H24N2O2/c1-5-6-7-9-14-11(16)8-10-15-12(17)13(2,3)4/h5-6H,7-10H2,1-4H3,(H,14,16)(H,15,17)/b6-5+. The van der Waals surface area contributed by atoms with Gasteiger partial charge >= 0.3 is 0 Å². The Morgan fingerprint density at radius 2 is 1.76 bits per heavy atom. The van der Waals surface area contributed by atoms with Crippen molar-refractivity contribution in [1.29, 1.82) is 0 Å². The molecule has 0 saturated heterocycles. The lowest BCUT2D eigenvalue weighted by Gasteiger charge is -2.17. The number of carbonyl (C=O) groups is 2. The lowest BCUT2D eigenvalue weighted by atomic mass is 9.96. The Morgan fingerprint density at radius 1 is 1.12 bits per heavy atom. The van der Waals surface area contributed by atoms with Crippen molar-refractivity contribution in [3.63, 3.8) is 0 Å². The molecule has 0 aliphatic heterocycles. The summed E-state index contributed by atoms with van der Waals surface area (Å²) in [4.78, 5) is 22.8. The molecule has 0 heterocycles. The number of rotatable bonds is 6. The topological polar surface area (TPSA) is 58.2 Å². The molecule has 4 nitrogen and oxygen atoms in total. The summed E-state index contributed by atoms with van der Waals surface area (Å²) < 4.78 is 0. The predicted molar refractivity (Wildman–Crippen MR) is 69.5 cm³/mol. The highest BCUT2D eigenvalue weighted by molar-refractivity contribution is 5.82. The molecule has 2 N–H and O–H groups in total. The van der Waals surface area contributed by atoms with Crippen LogP contribution in [0.4, 0.5) is 0 Å². The van der Waals surface area contributed by atoms with E-state index < -0.39 is 5.41 Å². The molecular weight excluding hydrogens is 216 g/mol. The third kappa shape index (κ3) is 8.48. The molecule has 0 saturated carbocycles. The number of amides is 2. The van der Waals surface area contributed by atoms with E-state index in [0.29, 0.717) is 19.5 Å². The highest BCUT2D eigenvalue weighted by atomic mass is 16.2. The maximum Gasteiger partial charge on any atom is 0.225 e. The van der Waals surface area contributed by atoms with Gasteiger partial charge in [0, 0.05) is 24.9 Å². The van der Waals surface area contributed by atoms with Gasteiger partial charge < -0.3 is 10.6 Å². The van der Waals surface area contributed by atoms with Crippen LogP contribution in [0.15, 0.2) is 12.2 Å². The van der Waals surface area contributed by atoms with E-state index in [1.54, 1.807) is 0 Å². The van der Waals surface area contributed by atoms with E-state index >= 15 is 0 Å². The highest BCUT2D eigenvalue weighted by Crippen LogP contribution is 2.11. The average molecular weight is 240 g/mol. The maximum atomic E-state index is 11.5. The van der Waals surface area contributed by atoms with Crippen molar-refractivity contribution >= 4 is 11.8 Å². The summed E-state index contributed by atoms with van der Waals surface area (Å²) in [7, 11) is 0. The van der Waals surface area contributed by atoms with Gasteiger partial charge in [0.1, 0.15) is 0 Å². The average Bonchev–Trinajstić information content (AvgIpc) is 2.23. The zero-order valence-electron chi connectivity index (χ0n) is 11.3. The fourth-order valence-electron chi connectivity index (χ4n) is 1.10. The van der Waals surface area contributed by atoms with Crippen molar-refractivity contribution in [2.75, 3.05) is 13.1 Å². The number of carbonyl (C=O) groups excluding carboxylic acids is 2. The van der Waals surface area contributed by atoms with Gasteiger partial charge in [-0.2, -0.15) is 0 Å². The number of hydrogen-bond acceptors (Lipinski definition) is 2. The minimum Gasteiger partial charge on any atom is -0.356 e. The van der Waals surface area contributed by atoms with E-state index in [4.69, 9.17) is 0 Å². The molecule has 4 heteroatoms. The maximum absolute atomic E-state index is 11.5. The molecule has 0 rings (SSSR count). The van der Waals surface area contributed by atoms with Crippen molar-refractivity contribution in [2.24, 2.45) is 5.41 Å². The Hall–Kier alpha value is -1.32. The van der Waals surface area contributed by atoms with E-state index in [0.717, 1.165) is 6.42 Å². The van der Waals surface area contributed by atoms with E-state index in [2.05, 4.69) is 10.6 Å². The summed E-state index contributed by atoms with van der Waals surface area (Å²) in [6, 6.07) is 0. The van der Waals surface area contributed by atoms with Gasteiger partial charge in [0.25, 0.3) is 0 Å². The van der Waals surface area contributed by atoms with E-state index in [1.165, 1.54) is 0 Å². The minimum absolute atomic E-state index is 0.0243. The number of allylic oxidation sites excluding steroid dienone is 1. The first kappa shape index (κ1) is 15.7. The third-order valence-corrected chi connectivity index (χ3v) is 2.19. The van der Waals surface area contributed by atoms with Crippen molar-refractivity contribution in [3.05, 3.63) is 12.2 Å². The summed E-state index contributed by atoms with van der Waals surface area (Å²) in [6.07, 6.45) is 5.13. The summed E-state index contributed by atoms with van der Waals surface area (Å²) in [5, 5.41) is 5.53. The molecule has 0 fully saturated rings. The molecule has 17 heavy (non-hydrogen) atoms. The zero-order chi connectivity index (χ0) is 13.3. The Balaban J connectivity index is 3.62. The zero-order valence-corrected chi connectivity index (χ0v) is 11.3. The van der Waals surface area contributed by atoms with E-state index in [1.807, 2.05) is 39.8 Å². The molecule has 0 aromatic rings. The van der Waals surface area contributed by atoms with Crippen LogP contribution in [0.2, 0.25) is 0 Å². The van der Waals surface area contributed by atoms with Gasteiger partial charge in [0.2, 0.25) is 11.8 Å². The Bertz CT molecular complexity index is 278. The summed E-state index contributed by atoms with van der Waals surface area (Å²) in [6.45, 7) is 8.53. The van der Waals surface area contributed by atoms with E-state index in [9.17, 15) is 9.59 Å².